The van der Waals surface area contributed by atoms with Crippen molar-refractivity contribution >= 4 is 23.6 Å². The van der Waals surface area contributed by atoms with E-state index in [1.165, 1.54) is 29.8 Å². The summed E-state index contributed by atoms with van der Waals surface area (Å²) in [6.45, 7) is 2.03. The van der Waals surface area contributed by atoms with Gasteiger partial charge in [-0.2, -0.15) is 0 Å². The second kappa shape index (κ2) is 8.67. The van der Waals surface area contributed by atoms with Crippen LogP contribution >= 0.6 is 11.8 Å². The third-order valence-corrected chi connectivity index (χ3v) is 4.04. The number of halogens is 1. The highest BCUT2D eigenvalue weighted by atomic mass is 32.2. The number of rotatable bonds is 7. The summed E-state index contributed by atoms with van der Waals surface area (Å²) in [6.07, 6.45) is 0.295. The molecule has 4 nitrogen and oxygen atoms in total. The van der Waals surface area contributed by atoms with Crippen LogP contribution in [-0.2, 0) is 14.3 Å². The van der Waals surface area contributed by atoms with E-state index in [4.69, 9.17) is 0 Å². The van der Waals surface area contributed by atoms with Gasteiger partial charge in [0.05, 0.1) is 13.0 Å². The Morgan fingerprint density at radius 1 is 1.38 bits per heavy atom. The molecule has 1 amide bonds. The van der Waals surface area contributed by atoms with E-state index in [9.17, 15) is 14.0 Å². The highest BCUT2D eigenvalue weighted by Gasteiger charge is 2.18. The number of methoxy groups -OCH3 is 1. The minimum Gasteiger partial charge on any atom is -0.469 e. The van der Waals surface area contributed by atoms with Gasteiger partial charge in [0.25, 0.3) is 0 Å². The van der Waals surface area contributed by atoms with Crippen LogP contribution < -0.4 is 0 Å². The molecule has 0 aliphatic heterocycles. The van der Waals surface area contributed by atoms with Crippen LogP contribution in [0.4, 0.5) is 4.39 Å². The Morgan fingerprint density at radius 3 is 2.67 bits per heavy atom. The van der Waals surface area contributed by atoms with Crippen LogP contribution in [-0.4, -0.2) is 43.2 Å². The predicted molar refractivity (Wildman–Crippen MR) is 80.6 cm³/mol. The van der Waals surface area contributed by atoms with Crippen molar-refractivity contribution in [3.8, 4) is 0 Å². The van der Waals surface area contributed by atoms with Crippen molar-refractivity contribution in [2.24, 2.45) is 5.92 Å². The molecule has 0 N–H and O–H groups in total. The minimum atomic E-state index is -0.358. The van der Waals surface area contributed by atoms with Gasteiger partial charge in [0, 0.05) is 30.7 Å². The lowest BCUT2D eigenvalue weighted by atomic mass is 10.1. The zero-order chi connectivity index (χ0) is 15.8. The Bertz CT molecular complexity index is 496. The number of amides is 1. The number of thioether (sulfide) groups is 1. The predicted octanol–water partition coefficient (Wildman–Crippen LogP) is 2.58. The summed E-state index contributed by atoms with van der Waals surface area (Å²) in [7, 11) is 2.97. The maximum absolute atomic E-state index is 13.4. The Morgan fingerprint density at radius 2 is 2.05 bits per heavy atom. The van der Waals surface area contributed by atoms with Crippen molar-refractivity contribution in [1.82, 2.24) is 4.90 Å². The third-order valence-electron chi connectivity index (χ3n) is 2.99. The van der Waals surface area contributed by atoms with Gasteiger partial charge in [-0.05, 0) is 12.1 Å². The van der Waals surface area contributed by atoms with Crippen molar-refractivity contribution in [3.05, 3.63) is 30.1 Å². The second-order valence-corrected chi connectivity index (χ2v) is 5.86. The molecule has 6 heteroatoms. The summed E-state index contributed by atoms with van der Waals surface area (Å²) < 4.78 is 18.0. The van der Waals surface area contributed by atoms with Crippen LogP contribution in [0.1, 0.15) is 13.3 Å². The highest BCUT2D eigenvalue weighted by Crippen LogP contribution is 2.22. The number of carbonyl (C=O) groups excluding carboxylic acids is 2. The second-order valence-electron chi connectivity index (χ2n) is 4.73. The van der Waals surface area contributed by atoms with Crippen molar-refractivity contribution < 1.29 is 18.7 Å². The van der Waals surface area contributed by atoms with E-state index in [-0.39, 0.29) is 23.6 Å². The van der Waals surface area contributed by atoms with E-state index in [2.05, 4.69) is 4.74 Å². The summed E-state index contributed by atoms with van der Waals surface area (Å²) >= 11 is 1.31. The lowest BCUT2D eigenvalue weighted by Crippen LogP contribution is -2.34. The Labute approximate surface area is 128 Å². The van der Waals surface area contributed by atoms with E-state index < -0.39 is 0 Å². The molecule has 1 aromatic carbocycles. The topological polar surface area (TPSA) is 46.6 Å². The molecule has 1 unspecified atom stereocenters. The van der Waals surface area contributed by atoms with Gasteiger partial charge in [0.15, 0.2) is 0 Å². The van der Waals surface area contributed by atoms with Gasteiger partial charge in [0.2, 0.25) is 5.91 Å². The van der Waals surface area contributed by atoms with Crippen molar-refractivity contribution in [1.29, 1.82) is 0 Å². The van der Waals surface area contributed by atoms with Crippen LogP contribution in [0.3, 0.4) is 0 Å². The van der Waals surface area contributed by atoms with Gasteiger partial charge in [-0.1, -0.05) is 19.1 Å². The summed E-state index contributed by atoms with van der Waals surface area (Å²) in [5.41, 5.74) is 0. The van der Waals surface area contributed by atoms with Crippen LogP contribution in [0, 0.1) is 11.7 Å². The van der Waals surface area contributed by atoms with E-state index in [0.717, 1.165) is 0 Å². The zero-order valence-electron chi connectivity index (χ0n) is 12.5. The molecule has 1 rings (SSSR count). The first kappa shape index (κ1) is 17.5. The average Bonchev–Trinajstić information content (AvgIpc) is 2.47. The number of ether oxygens (including phenoxy) is 1. The lowest BCUT2D eigenvalue weighted by Gasteiger charge is -2.20. The molecule has 0 saturated carbocycles. The van der Waals surface area contributed by atoms with E-state index in [0.29, 0.717) is 23.6 Å². The molecule has 0 fully saturated rings. The summed E-state index contributed by atoms with van der Waals surface area (Å²) in [6, 6.07) is 6.48. The van der Waals surface area contributed by atoms with Gasteiger partial charge in [-0.15, -0.1) is 11.8 Å². The zero-order valence-corrected chi connectivity index (χ0v) is 13.3. The molecule has 0 spiro atoms. The van der Waals surface area contributed by atoms with Gasteiger partial charge in [0.1, 0.15) is 5.82 Å². The fraction of sp³-hybridized carbons (Fsp3) is 0.467. The number of hydrogen-bond donors (Lipinski definition) is 0. The minimum absolute atomic E-state index is 0.0745. The lowest BCUT2D eigenvalue weighted by molar-refractivity contribution is -0.146. The number of hydrogen-bond acceptors (Lipinski definition) is 4. The monoisotopic (exact) mass is 313 g/mol. The smallest absolute Gasteiger partial charge is 0.310 e. The molecule has 1 aromatic rings. The molecule has 21 heavy (non-hydrogen) atoms. The van der Waals surface area contributed by atoms with Gasteiger partial charge >= 0.3 is 5.97 Å². The standard InChI is InChI=1S/C15H20FNO3S/c1-11(15(19)20-3)10-17(2)14(18)8-9-21-13-7-5-4-6-12(13)16/h4-7,11H,8-10H2,1-3H3. The first-order chi connectivity index (χ1) is 9.95. The third kappa shape index (κ3) is 5.75. The molecule has 0 heterocycles. The molecule has 0 aromatic heterocycles. The van der Waals surface area contributed by atoms with Gasteiger partial charge < -0.3 is 9.64 Å². The molecule has 0 radical (unpaired) electrons. The highest BCUT2D eigenvalue weighted by molar-refractivity contribution is 7.99. The number of nitrogens with zero attached hydrogens (tertiary/aromatic N) is 1. The first-order valence-electron chi connectivity index (χ1n) is 6.64. The average molecular weight is 313 g/mol. The van der Waals surface area contributed by atoms with E-state index in [1.54, 1.807) is 32.2 Å². The Balaban J connectivity index is 2.36. The van der Waals surface area contributed by atoms with Crippen LogP contribution in [0.15, 0.2) is 29.2 Å². The molecule has 0 aliphatic rings. The number of benzene rings is 1. The van der Waals surface area contributed by atoms with Crippen LogP contribution in [0.25, 0.3) is 0 Å². The van der Waals surface area contributed by atoms with Crippen molar-refractivity contribution in [3.63, 3.8) is 0 Å². The van der Waals surface area contributed by atoms with E-state index >= 15 is 0 Å². The van der Waals surface area contributed by atoms with Crippen molar-refractivity contribution in [2.45, 2.75) is 18.2 Å². The summed E-state index contributed by atoms with van der Waals surface area (Å²) in [5.74, 6) is -0.549. The summed E-state index contributed by atoms with van der Waals surface area (Å²) in [4.78, 5) is 25.3. The maximum Gasteiger partial charge on any atom is 0.310 e. The van der Waals surface area contributed by atoms with Crippen LogP contribution in [0.5, 0.6) is 0 Å². The Kier molecular flexibility index (Phi) is 7.22. The maximum atomic E-state index is 13.4. The van der Waals surface area contributed by atoms with Gasteiger partial charge in [-0.25, -0.2) is 4.39 Å². The number of esters is 1. The molecule has 1 atom stereocenters. The molecule has 116 valence electrons. The number of carbonyl (C=O) groups is 2. The summed E-state index contributed by atoms with van der Waals surface area (Å²) in [5, 5.41) is 0. The first-order valence-corrected chi connectivity index (χ1v) is 7.63. The quantitative estimate of drug-likeness (QED) is 0.573. The molecule has 0 bridgehead atoms. The van der Waals surface area contributed by atoms with Crippen LogP contribution in [0.2, 0.25) is 0 Å². The fourth-order valence-corrected chi connectivity index (χ4v) is 2.67. The normalized spacial score (nSPS) is 11.8. The van der Waals surface area contributed by atoms with Crippen molar-refractivity contribution in [2.75, 3.05) is 26.5 Å². The largest absolute Gasteiger partial charge is 0.469 e. The van der Waals surface area contributed by atoms with Gasteiger partial charge in [-0.3, -0.25) is 9.59 Å². The fourth-order valence-electron chi connectivity index (χ4n) is 1.79. The molecular weight excluding hydrogens is 293 g/mol. The molecule has 0 saturated heterocycles. The SMILES string of the molecule is COC(=O)C(C)CN(C)C(=O)CCSc1ccccc1F. The molecular formula is C15H20FNO3S. The van der Waals surface area contributed by atoms with E-state index in [1.807, 2.05) is 0 Å². The Hall–Kier alpha value is -1.56. The molecule has 0 aliphatic carbocycles.